The van der Waals surface area contributed by atoms with Crippen molar-refractivity contribution in [3.63, 3.8) is 0 Å². The summed E-state index contributed by atoms with van der Waals surface area (Å²) in [6.45, 7) is 1.74. The summed E-state index contributed by atoms with van der Waals surface area (Å²) >= 11 is 8.96. The molecule has 1 heterocycles. The van der Waals surface area contributed by atoms with E-state index in [4.69, 9.17) is 16.3 Å². The minimum Gasteiger partial charge on any atom is -0.448 e. The number of ether oxygens (including phenoxy) is 1. The van der Waals surface area contributed by atoms with Crippen molar-refractivity contribution in [3.8, 4) is 11.5 Å². The molecule has 0 aliphatic rings. The van der Waals surface area contributed by atoms with Crippen LogP contribution >= 0.6 is 27.5 Å². The van der Waals surface area contributed by atoms with Crippen LogP contribution in [-0.2, 0) is 5.88 Å². The topological polar surface area (TPSA) is 65.3 Å². The number of halogens is 2. The van der Waals surface area contributed by atoms with Crippen LogP contribution < -0.4 is 4.74 Å². The zero-order chi connectivity index (χ0) is 14.7. The molecule has 0 saturated heterocycles. The van der Waals surface area contributed by atoms with Crippen LogP contribution in [0.25, 0.3) is 0 Å². The molecule has 5 nitrogen and oxygen atoms in total. The largest absolute Gasteiger partial charge is 0.448 e. The summed E-state index contributed by atoms with van der Waals surface area (Å²) < 4.78 is 6.24. The fourth-order valence-electron chi connectivity index (χ4n) is 1.69. The van der Waals surface area contributed by atoms with E-state index in [0.29, 0.717) is 21.7 Å². The predicted molar refractivity (Wildman–Crippen MR) is 79.4 cm³/mol. The molecule has 0 atom stereocenters. The molecule has 0 aliphatic carbocycles. The van der Waals surface area contributed by atoms with Gasteiger partial charge in [-0.25, -0.2) is 0 Å². The van der Waals surface area contributed by atoms with Gasteiger partial charge in [0.15, 0.2) is 0 Å². The first-order chi connectivity index (χ1) is 9.51. The summed E-state index contributed by atoms with van der Waals surface area (Å²) in [6, 6.07) is 4.85. The van der Waals surface area contributed by atoms with Crippen molar-refractivity contribution in [2.24, 2.45) is 0 Å². The van der Waals surface area contributed by atoms with Gasteiger partial charge in [0.2, 0.25) is 5.75 Å². The Balaban J connectivity index is 2.44. The molecule has 7 heteroatoms. The lowest BCUT2D eigenvalue weighted by molar-refractivity contribution is -0.385. The van der Waals surface area contributed by atoms with Gasteiger partial charge in [-0.05, 0) is 30.2 Å². The Morgan fingerprint density at radius 3 is 2.80 bits per heavy atom. The fourth-order valence-corrected chi connectivity index (χ4v) is 2.40. The summed E-state index contributed by atoms with van der Waals surface area (Å²) in [5, 5.41) is 11.1. The minimum absolute atomic E-state index is 0.104. The molecule has 2 rings (SSSR count). The highest BCUT2D eigenvalue weighted by Gasteiger charge is 2.19. The van der Waals surface area contributed by atoms with E-state index in [1.54, 1.807) is 25.3 Å². The number of nitro benzene ring substituents is 1. The monoisotopic (exact) mass is 356 g/mol. The second-order valence-electron chi connectivity index (χ2n) is 4.09. The second-order valence-corrected chi connectivity index (χ2v) is 5.28. The number of rotatable bonds is 4. The van der Waals surface area contributed by atoms with Crippen molar-refractivity contribution < 1.29 is 9.66 Å². The standard InChI is InChI=1S/C13H10BrClN2O3/c1-8-2-10(14)4-12(17(18)19)13(8)20-11-3-9(5-15)6-16-7-11/h2-4,6-7H,5H2,1H3. The molecule has 0 fully saturated rings. The normalized spacial score (nSPS) is 10.3. The third-order valence-electron chi connectivity index (χ3n) is 2.56. The van der Waals surface area contributed by atoms with E-state index in [2.05, 4.69) is 20.9 Å². The molecule has 0 amide bonds. The molecule has 104 valence electrons. The summed E-state index contributed by atoms with van der Waals surface area (Å²) in [4.78, 5) is 14.6. The van der Waals surface area contributed by atoms with E-state index in [1.165, 1.54) is 12.3 Å². The smallest absolute Gasteiger partial charge is 0.312 e. The Hall–Kier alpha value is -1.66. The molecule has 2 aromatic rings. The van der Waals surface area contributed by atoms with Gasteiger partial charge in [-0.1, -0.05) is 15.9 Å². The van der Waals surface area contributed by atoms with Crippen LogP contribution in [0.2, 0.25) is 0 Å². The highest BCUT2D eigenvalue weighted by atomic mass is 79.9. The number of nitrogens with zero attached hydrogens (tertiary/aromatic N) is 2. The Morgan fingerprint density at radius 2 is 2.15 bits per heavy atom. The number of hydrogen-bond acceptors (Lipinski definition) is 4. The SMILES string of the molecule is Cc1cc(Br)cc([N+](=O)[O-])c1Oc1cncc(CCl)c1. The number of aryl methyl sites for hydroxylation is 1. The van der Waals surface area contributed by atoms with Crippen molar-refractivity contribution in [1.82, 2.24) is 4.98 Å². The first-order valence-electron chi connectivity index (χ1n) is 5.63. The van der Waals surface area contributed by atoms with Gasteiger partial charge in [-0.2, -0.15) is 0 Å². The zero-order valence-electron chi connectivity index (χ0n) is 10.5. The van der Waals surface area contributed by atoms with Crippen LogP contribution in [0.3, 0.4) is 0 Å². The molecule has 20 heavy (non-hydrogen) atoms. The molecular formula is C13H10BrClN2O3. The number of hydrogen-bond donors (Lipinski definition) is 0. The van der Waals surface area contributed by atoms with Crippen LogP contribution in [0.15, 0.2) is 35.1 Å². The molecule has 0 bridgehead atoms. The zero-order valence-corrected chi connectivity index (χ0v) is 12.8. The maximum Gasteiger partial charge on any atom is 0.312 e. The van der Waals surface area contributed by atoms with Gasteiger partial charge in [0.05, 0.1) is 11.1 Å². The van der Waals surface area contributed by atoms with Gasteiger partial charge in [0, 0.05) is 22.6 Å². The maximum absolute atomic E-state index is 11.1. The van der Waals surface area contributed by atoms with Gasteiger partial charge < -0.3 is 4.74 Å². The lowest BCUT2D eigenvalue weighted by Crippen LogP contribution is -1.97. The van der Waals surface area contributed by atoms with Crippen molar-refractivity contribution in [3.05, 3.63) is 56.3 Å². The lowest BCUT2D eigenvalue weighted by atomic mass is 10.2. The van der Waals surface area contributed by atoms with Crippen LogP contribution in [0.4, 0.5) is 5.69 Å². The molecule has 1 aromatic carbocycles. The number of nitro groups is 1. The summed E-state index contributed by atoms with van der Waals surface area (Å²) in [7, 11) is 0. The van der Waals surface area contributed by atoms with Gasteiger partial charge in [0.25, 0.3) is 0 Å². The molecular weight excluding hydrogens is 348 g/mol. The van der Waals surface area contributed by atoms with Crippen LogP contribution in [0, 0.1) is 17.0 Å². The third-order valence-corrected chi connectivity index (χ3v) is 3.33. The molecule has 0 radical (unpaired) electrons. The lowest BCUT2D eigenvalue weighted by Gasteiger charge is -2.10. The van der Waals surface area contributed by atoms with Crippen molar-refractivity contribution >= 4 is 33.2 Å². The average Bonchev–Trinajstić information content (AvgIpc) is 2.41. The summed E-state index contributed by atoms with van der Waals surface area (Å²) in [5.74, 6) is 0.911. The Bertz CT molecular complexity index is 664. The van der Waals surface area contributed by atoms with E-state index >= 15 is 0 Å². The predicted octanol–water partition coefficient (Wildman–Crippen LogP) is 4.59. The highest BCUT2D eigenvalue weighted by molar-refractivity contribution is 9.10. The molecule has 0 N–H and O–H groups in total. The number of alkyl halides is 1. The molecule has 0 saturated carbocycles. The molecule has 0 spiro atoms. The van der Waals surface area contributed by atoms with E-state index in [-0.39, 0.29) is 11.4 Å². The fraction of sp³-hybridized carbons (Fsp3) is 0.154. The first kappa shape index (κ1) is 14.7. The molecule has 0 unspecified atom stereocenters. The maximum atomic E-state index is 11.1. The van der Waals surface area contributed by atoms with Crippen LogP contribution in [0.5, 0.6) is 11.5 Å². The Labute approximate surface area is 128 Å². The number of pyridine rings is 1. The van der Waals surface area contributed by atoms with Crippen molar-refractivity contribution in [2.75, 3.05) is 0 Å². The van der Waals surface area contributed by atoms with Crippen LogP contribution in [0.1, 0.15) is 11.1 Å². The van der Waals surface area contributed by atoms with Crippen molar-refractivity contribution in [1.29, 1.82) is 0 Å². The minimum atomic E-state index is -0.480. The first-order valence-corrected chi connectivity index (χ1v) is 6.96. The van der Waals surface area contributed by atoms with Gasteiger partial charge in [0.1, 0.15) is 5.75 Å². The van der Waals surface area contributed by atoms with Gasteiger partial charge in [-0.3, -0.25) is 15.1 Å². The molecule has 1 aromatic heterocycles. The summed E-state index contributed by atoms with van der Waals surface area (Å²) in [5.41, 5.74) is 1.33. The van der Waals surface area contributed by atoms with E-state index in [1.807, 2.05) is 0 Å². The van der Waals surface area contributed by atoms with E-state index < -0.39 is 4.92 Å². The quantitative estimate of drug-likeness (QED) is 0.456. The molecule has 0 aliphatic heterocycles. The second kappa shape index (κ2) is 6.19. The Morgan fingerprint density at radius 1 is 1.40 bits per heavy atom. The van der Waals surface area contributed by atoms with Crippen molar-refractivity contribution in [2.45, 2.75) is 12.8 Å². The van der Waals surface area contributed by atoms with E-state index in [9.17, 15) is 10.1 Å². The summed E-state index contributed by atoms with van der Waals surface area (Å²) in [6.07, 6.45) is 3.10. The van der Waals surface area contributed by atoms with E-state index in [0.717, 1.165) is 5.56 Å². The highest BCUT2D eigenvalue weighted by Crippen LogP contribution is 2.37. The third kappa shape index (κ3) is 3.26. The average molecular weight is 358 g/mol. The van der Waals surface area contributed by atoms with Gasteiger partial charge >= 0.3 is 5.69 Å². The number of benzene rings is 1. The Kier molecular flexibility index (Phi) is 4.57. The number of aromatic nitrogens is 1. The van der Waals surface area contributed by atoms with Crippen LogP contribution in [-0.4, -0.2) is 9.91 Å². The van der Waals surface area contributed by atoms with Gasteiger partial charge in [-0.15, -0.1) is 11.6 Å².